The van der Waals surface area contributed by atoms with Crippen LogP contribution in [-0.2, 0) is 10.0 Å². The number of hydrogen-bond acceptors (Lipinski definition) is 3. The molecule has 0 heterocycles. The molecule has 0 bridgehead atoms. The summed E-state index contributed by atoms with van der Waals surface area (Å²) in [5, 5.41) is 0. The van der Waals surface area contributed by atoms with Crippen molar-refractivity contribution < 1.29 is 8.42 Å². The van der Waals surface area contributed by atoms with E-state index in [-0.39, 0.29) is 6.04 Å². The summed E-state index contributed by atoms with van der Waals surface area (Å²) in [5.74, 6) is 0.389. The molecule has 0 aromatic heterocycles. The fourth-order valence-corrected chi connectivity index (χ4v) is 3.70. The largest absolute Gasteiger partial charge is 0.328 e. The van der Waals surface area contributed by atoms with Gasteiger partial charge >= 0.3 is 0 Å². The van der Waals surface area contributed by atoms with E-state index in [1.165, 1.54) is 0 Å². The molecule has 1 aromatic carbocycles. The van der Waals surface area contributed by atoms with Gasteiger partial charge in [0.15, 0.2) is 0 Å². The molecule has 0 saturated heterocycles. The molecule has 18 heavy (non-hydrogen) atoms. The van der Waals surface area contributed by atoms with E-state index in [0.29, 0.717) is 17.4 Å². The summed E-state index contributed by atoms with van der Waals surface area (Å²) in [4.78, 5) is 0.381. The summed E-state index contributed by atoms with van der Waals surface area (Å²) in [7, 11) is -3.39. The smallest absolute Gasteiger partial charge is 0.240 e. The van der Waals surface area contributed by atoms with Crippen molar-refractivity contribution >= 4 is 10.0 Å². The van der Waals surface area contributed by atoms with E-state index in [4.69, 9.17) is 5.73 Å². The Bertz CT molecular complexity index is 534. The predicted molar refractivity (Wildman–Crippen MR) is 71.8 cm³/mol. The second kappa shape index (κ2) is 4.99. The van der Waals surface area contributed by atoms with Crippen LogP contribution in [0.15, 0.2) is 23.1 Å². The Morgan fingerprint density at radius 1 is 1.33 bits per heavy atom. The maximum Gasteiger partial charge on any atom is 0.240 e. The van der Waals surface area contributed by atoms with E-state index in [2.05, 4.69) is 4.72 Å². The van der Waals surface area contributed by atoms with Gasteiger partial charge in [-0.2, -0.15) is 0 Å². The summed E-state index contributed by atoms with van der Waals surface area (Å²) < 4.78 is 27.1. The zero-order valence-corrected chi connectivity index (χ0v) is 11.6. The first-order valence-corrected chi connectivity index (χ1v) is 7.69. The van der Waals surface area contributed by atoms with Crippen LogP contribution in [0.4, 0.5) is 0 Å². The van der Waals surface area contributed by atoms with Crippen LogP contribution in [0.5, 0.6) is 0 Å². The minimum Gasteiger partial charge on any atom is -0.328 e. The lowest BCUT2D eigenvalue weighted by molar-refractivity contribution is 0.267. The van der Waals surface area contributed by atoms with E-state index in [1.807, 2.05) is 26.0 Å². The Balaban J connectivity index is 2.08. The van der Waals surface area contributed by atoms with Gasteiger partial charge in [0.1, 0.15) is 0 Å². The molecule has 0 amide bonds. The van der Waals surface area contributed by atoms with Crippen LogP contribution in [0.2, 0.25) is 0 Å². The Labute approximate surface area is 109 Å². The van der Waals surface area contributed by atoms with Gasteiger partial charge in [0.05, 0.1) is 4.90 Å². The van der Waals surface area contributed by atoms with Crippen LogP contribution in [0.3, 0.4) is 0 Å². The molecular weight excluding hydrogens is 248 g/mol. The van der Waals surface area contributed by atoms with Gasteiger partial charge in [-0.3, -0.25) is 0 Å². The lowest BCUT2D eigenvalue weighted by Crippen LogP contribution is -2.42. The van der Waals surface area contributed by atoms with Gasteiger partial charge in [0, 0.05) is 12.6 Å². The molecule has 1 aromatic rings. The van der Waals surface area contributed by atoms with Crippen molar-refractivity contribution in [2.45, 2.75) is 37.6 Å². The lowest BCUT2D eigenvalue weighted by Gasteiger charge is -2.32. The van der Waals surface area contributed by atoms with Crippen molar-refractivity contribution in [3.8, 4) is 0 Å². The van der Waals surface area contributed by atoms with Gasteiger partial charge < -0.3 is 5.73 Å². The second-order valence-electron chi connectivity index (χ2n) is 5.22. The fourth-order valence-electron chi connectivity index (χ4n) is 2.26. The zero-order valence-electron chi connectivity index (χ0n) is 10.8. The molecule has 0 radical (unpaired) electrons. The molecule has 0 aliphatic heterocycles. The quantitative estimate of drug-likeness (QED) is 0.865. The highest BCUT2D eigenvalue weighted by molar-refractivity contribution is 7.89. The molecule has 1 fully saturated rings. The zero-order chi connectivity index (χ0) is 13.3. The van der Waals surface area contributed by atoms with E-state index in [1.54, 1.807) is 6.07 Å². The maximum atomic E-state index is 12.2. The van der Waals surface area contributed by atoms with E-state index in [0.717, 1.165) is 24.0 Å². The number of rotatable bonds is 4. The third kappa shape index (κ3) is 2.91. The first kappa shape index (κ1) is 13.5. The highest BCUT2D eigenvalue weighted by Crippen LogP contribution is 2.25. The van der Waals surface area contributed by atoms with Crippen LogP contribution in [0.1, 0.15) is 24.0 Å². The van der Waals surface area contributed by atoms with E-state index >= 15 is 0 Å². The molecule has 3 N–H and O–H groups in total. The molecule has 1 saturated carbocycles. The van der Waals surface area contributed by atoms with E-state index < -0.39 is 10.0 Å². The van der Waals surface area contributed by atoms with Crippen LogP contribution in [-0.4, -0.2) is 21.0 Å². The molecule has 1 aliphatic rings. The number of sulfonamides is 1. The lowest BCUT2D eigenvalue weighted by atomic mass is 9.81. The second-order valence-corrected chi connectivity index (χ2v) is 6.95. The average molecular weight is 268 g/mol. The summed E-state index contributed by atoms with van der Waals surface area (Å²) in [5.41, 5.74) is 7.41. The van der Waals surface area contributed by atoms with Crippen LogP contribution >= 0.6 is 0 Å². The van der Waals surface area contributed by atoms with Crippen LogP contribution in [0, 0.1) is 19.8 Å². The molecular formula is C13H20N2O2S. The standard InChI is InChI=1S/C13H20N2O2S/c1-9-3-4-10(2)13(5-9)18(16,17)15-8-11-6-12(14)7-11/h3-5,11-12,15H,6-8,14H2,1-2H3. The molecule has 4 nitrogen and oxygen atoms in total. The summed E-state index contributed by atoms with van der Waals surface area (Å²) in [6.07, 6.45) is 1.82. The van der Waals surface area contributed by atoms with Crippen molar-refractivity contribution in [1.82, 2.24) is 4.72 Å². The highest BCUT2D eigenvalue weighted by atomic mass is 32.2. The van der Waals surface area contributed by atoms with Crippen LogP contribution < -0.4 is 10.5 Å². The maximum absolute atomic E-state index is 12.2. The Kier molecular flexibility index (Phi) is 3.75. The van der Waals surface area contributed by atoms with Crippen molar-refractivity contribution in [2.24, 2.45) is 11.7 Å². The Morgan fingerprint density at radius 3 is 2.61 bits per heavy atom. The summed E-state index contributed by atoms with van der Waals surface area (Å²) in [6.45, 7) is 4.19. The third-order valence-corrected chi connectivity index (χ3v) is 5.03. The van der Waals surface area contributed by atoms with Gasteiger partial charge in [0.25, 0.3) is 0 Å². The van der Waals surface area contributed by atoms with Crippen molar-refractivity contribution in [3.63, 3.8) is 0 Å². The van der Waals surface area contributed by atoms with Gasteiger partial charge in [-0.25, -0.2) is 13.1 Å². The van der Waals surface area contributed by atoms with Crippen molar-refractivity contribution in [1.29, 1.82) is 0 Å². The first-order chi connectivity index (χ1) is 8.38. The normalized spacial score (nSPS) is 23.7. The van der Waals surface area contributed by atoms with Gasteiger partial charge in [-0.05, 0) is 49.8 Å². The van der Waals surface area contributed by atoms with Gasteiger partial charge in [-0.1, -0.05) is 12.1 Å². The van der Waals surface area contributed by atoms with Gasteiger partial charge in [0.2, 0.25) is 10.0 Å². The predicted octanol–water partition coefficient (Wildman–Crippen LogP) is 1.32. The average Bonchev–Trinajstić information content (AvgIpc) is 2.26. The fraction of sp³-hybridized carbons (Fsp3) is 0.538. The molecule has 5 heteroatoms. The highest BCUT2D eigenvalue weighted by Gasteiger charge is 2.27. The molecule has 1 aliphatic carbocycles. The summed E-state index contributed by atoms with van der Waals surface area (Å²) >= 11 is 0. The topological polar surface area (TPSA) is 72.2 Å². The molecule has 0 spiro atoms. The minimum atomic E-state index is -3.39. The van der Waals surface area contributed by atoms with Crippen LogP contribution in [0.25, 0.3) is 0 Å². The first-order valence-electron chi connectivity index (χ1n) is 6.21. The monoisotopic (exact) mass is 268 g/mol. The van der Waals surface area contributed by atoms with Gasteiger partial charge in [-0.15, -0.1) is 0 Å². The summed E-state index contributed by atoms with van der Waals surface area (Å²) in [6, 6.07) is 5.72. The molecule has 2 rings (SSSR count). The van der Waals surface area contributed by atoms with Crippen molar-refractivity contribution in [2.75, 3.05) is 6.54 Å². The Hall–Kier alpha value is -0.910. The SMILES string of the molecule is Cc1ccc(C)c(S(=O)(=O)NCC2CC(N)C2)c1. The number of nitrogens with one attached hydrogen (secondary N) is 1. The number of benzene rings is 1. The Morgan fingerprint density at radius 2 is 2.00 bits per heavy atom. The molecule has 0 unspecified atom stereocenters. The third-order valence-electron chi connectivity index (χ3n) is 3.47. The number of hydrogen-bond donors (Lipinski definition) is 2. The molecule has 100 valence electrons. The minimum absolute atomic E-state index is 0.250. The number of nitrogens with two attached hydrogens (primary N) is 1. The van der Waals surface area contributed by atoms with E-state index in [9.17, 15) is 8.42 Å². The number of aryl methyl sites for hydroxylation is 2. The van der Waals surface area contributed by atoms with Crippen molar-refractivity contribution in [3.05, 3.63) is 29.3 Å². The molecule has 0 atom stereocenters.